The van der Waals surface area contributed by atoms with Gasteiger partial charge in [0.1, 0.15) is 12.7 Å². The van der Waals surface area contributed by atoms with Crippen LogP contribution >= 0.6 is 0 Å². The highest BCUT2D eigenvalue weighted by Gasteiger charge is 1.97. The van der Waals surface area contributed by atoms with Crippen molar-refractivity contribution in [3.8, 4) is 11.9 Å². The largest absolute Gasteiger partial charge is 0.473 e. The lowest BCUT2D eigenvalue weighted by Crippen LogP contribution is -1.97. The fraction of sp³-hybridized carbons (Fsp3) is 0.0769. The van der Waals surface area contributed by atoms with Crippen LogP contribution in [0.15, 0.2) is 42.6 Å². The maximum atomic E-state index is 8.62. The third-order valence-corrected chi connectivity index (χ3v) is 2.23. The van der Waals surface area contributed by atoms with Gasteiger partial charge in [0.25, 0.3) is 0 Å². The smallest absolute Gasteiger partial charge is 0.213 e. The van der Waals surface area contributed by atoms with E-state index in [9.17, 15) is 0 Å². The standard InChI is InChI=1S/C13H11N3O/c14-7-11-3-6-13(16-8-11)17-9-10-1-4-12(15)5-2-10/h1-6,8H,9,15H2. The van der Waals surface area contributed by atoms with E-state index in [1.807, 2.05) is 30.3 Å². The molecule has 4 nitrogen and oxygen atoms in total. The molecule has 0 unspecified atom stereocenters. The molecule has 0 saturated heterocycles. The van der Waals surface area contributed by atoms with Gasteiger partial charge in [-0.2, -0.15) is 5.26 Å². The summed E-state index contributed by atoms with van der Waals surface area (Å²) in [5, 5.41) is 8.62. The van der Waals surface area contributed by atoms with Crippen molar-refractivity contribution in [2.24, 2.45) is 0 Å². The van der Waals surface area contributed by atoms with Gasteiger partial charge in [0.05, 0.1) is 5.56 Å². The average molecular weight is 225 g/mol. The molecule has 84 valence electrons. The van der Waals surface area contributed by atoms with Gasteiger partial charge >= 0.3 is 0 Å². The van der Waals surface area contributed by atoms with Gasteiger partial charge in [0.2, 0.25) is 5.88 Å². The number of pyridine rings is 1. The molecule has 0 bridgehead atoms. The normalized spacial score (nSPS) is 9.59. The van der Waals surface area contributed by atoms with Gasteiger partial charge in [-0.25, -0.2) is 4.98 Å². The fourth-order valence-electron chi connectivity index (χ4n) is 1.30. The predicted octanol–water partition coefficient (Wildman–Crippen LogP) is 2.11. The van der Waals surface area contributed by atoms with Crippen molar-refractivity contribution in [1.82, 2.24) is 4.98 Å². The van der Waals surface area contributed by atoms with Crippen molar-refractivity contribution in [2.45, 2.75) is 6.61 Å². The highest BCUT2D eigenvalue weighted by Crippen LogP contribution is 2.11. The third-order valence-electron chi connectivity index (χ3n) is 2.23. The fourth-order valence-corrected chi connectivity index (χ4v) is 1.30. The van der Waals surface area contributed by atoms with Crippen molar-refractivity contribution < 1.29 is 4.74 Å². The molecule has 1 heterocycles. The van der Waals surface area contributed by atoms with Crippen LogP contribution in [0.5, 0.6) is 5.88 Å². The summed E-state index contributed by atoms with van der Waals surface area (Å²) in [5.41, 5.74) is 7.85. The summed E-state index contributed by atoms with van der Waals surface area (Å²) < 4.78 is 5.47. The second-order valence-corrected chi connectivity index (χ2v) is 3.53. The van der Waals surface area contributed by atoms with Crippen LogP contribution < -0.4 is 10.5 Å². The van der Waals surface area contributed by atoms with Crippen LogP contribution in [0.2, 0.25) is 0 Å². The first-order valence-corrected chi connectivity index (χ1v) is 5.11. The molecule has 1 aromatic heterocycles. The number of hydrogen-bond acceptors (Lipinski definition) is 4. The Bertz CT molecular complexity index is 526. The number of nitrogen functional groups attached to an aromatic ring is 1. The molecule has 0 amide bonds. The number of nitrogens with two attached hydrogens (primary N) is 1. The van der Waals surface area contributed by atoms with E-state index in [4.69, 9.17) is 15.7 Å². The third kappa shape index (κ3) is 2.95. The Morgan fingerprint density at radius 1 is 1.18 bits per heavy atom. The first-order chi connectivity index (χ1) is 8.28. The zero-order valence-electron chi connectivity index (χ0n) is 9.13. The lowest BCUT2D eigenvalue weighted by atomic mass is 10.2. The number of anilines is 1. The van der Waals surface area contributed by atoms with E-state index in [-0.39, 0.29) is 0 Å². The molecule has 0 fully saturated rings. The van der Waals surface area contributed by atoms with E-state index in [0.717, 1.165) is 11.3 Å². The quantitative estimate of drug-likeness (QED) is 0.812. The Labute approximate surface area is 99.3 Å². The van der Waals surface area contributed by atoms with Crippen LogP contribution in [0.4, 0.5) is 5.69 Å². The number of rotatable bonds is 3. The highest BCUT2D eigenvalue weighted by molar-refractivity contribution is 5.39. The Balaban J connectivity index is 1.98. The molecule has 2 rings (SSSR count). The minimum atomic E-state index is 0.430. The summed E-state index contributed by atoms with van der Waals surface area (Å²) in [6.07, 6.45) is 1.48. The number of hydrogen-bond donors (Lipinski definition) is 1. The molecular weight excluding hydrogens is 214 g/mol. The SMILES string of the molecule is N#Cc1ccc(OCc2ccc(N)cc2)nc1. The van der Waals surface area contributed by atoms with Gasteiger partial charge in [0.15, 0.2) is 0 Å². The number of nitriles is 1. The second kappa shape index (κ2) is 4.99. The Morgan fingerprint density at radius 3 is 2.53 bits per heavy atom. The van der Waals surface area contributed by atoms with Gasteiger partial charge in [-0.05, 0) is 23.8 Å². The number of ether oxygens (including phenoxy) is 1. The van der Waals surface area contributed by atoms with Crippen molar-refractivity contribution in [3.05, 3.63) is 53.7 Å². The van der Waals surface area contributed by atoms with Crippen LogP contribution in [0.25, 0.3) is 0 Å². The van der Waals surface area contributed by atoms with Crippen LogP contribution in [0, 0.1) is 11.3 Å². The van der Waals surface area contributed by atoms with E-state index >= 15 is 0 Å². The van der Waals surface area contributed by atoms with E-state index in [1.54, 1.807) is 12.1 Å². The van der Waals surface area contributed by atoms with Crippen molar-refractivity contribution in [2.75, 3.05) is 5.73 Å². The molecule has 2 aromatic rings. The highest BCUT2D eigenvalue weighted by atomic mass is 16.5. The number of benzene rings is 1. The zero-order valence-corrected chi connectivity index (χ0v) is 9.13. The summed E-state index contributed by atoms with van der Waals surface area (Å²) in [4.78, 5) is 4.01. The Hall–Kier alpha value is -2.54. The van der Waals surface area contributed by atoms with Crippen LogP contribution in [-0.4, -0.2) is 4.98 Å². The van der Waals surface area contributed by atoms with Crippen LogP contribution in [0.3, 0.4) is 0 Å². The topological polar surface area (TPSA) is 71.9 Å². The molecule has 0 radical (unpaired) electrons. The average Bonchev–Trinajstić information content (AvgIpc) is 2.39. The van der Waals surface area contributed by atoms with Gasteiger partial charge in [-0.3, -0.25) is 0 Å². The lowest BCUT2D eigenvalue weighted by Gasteiger charge is -2.05. The van der Waals surface area contributed by atoms with E-state index in [2.05, 4.69) is 4.98 Å². The van der Waals surface area contributed by atoms with Crippen molar-refractivity contribution >= 4 is 5.69 Å². The summed E-state index contributed by atoms with van der Waals surface area (Å²) >= 11 is 0. The molecule has 0 aliphatic heterocycles. The van der Waals surface area contributed by atoms with Crippen molar-refractivity contribution in [1.29, 1.82) is 5.26 Å². The van der Waals surface area contributed by atoms with Gasteiger partial charge in [0, 0.05) is 18.0 Å². The van der Waals surface area contributed by atoms with E-state index in [1.165, 1.54) is 6.20 Å². The molecule has 1 aromatic carbocycles. The monoisotopic (exact) mass is 225 g/mol. The molecule has 0 aliphatic rings. The minimum absolute atomic E-state index is 0.430. The predicted molar refractivity (Wildman–Crippen MR) is 64.1 cm³/mol. The summed E-state index contributed by atoms with van der Waals surface area (Å²) in [6.45, 7) is 0.430. The van der Waals surface area contributed by atoms with Crippen LogP contribution in [-0.2, 0) is 6.61 Å². The van der Waals surface area contributed by atoms with Gasteiger partial charge in [-0.15, -0.1) is 0 Å². The molecule has 0 saturated carbocycles. The summed E-state index contributed by atoms with van der Waals surface area (Å²) in [6, 6.07) is 12.8. The maximum Gasteiger partial charge on any atom is 0.213 e. The summed E-state index contributed by atoms with van der Waals surface area (Å²) in [5.74, 6) is 0.501. The van der Waals surface area contributed by atoms with Gasteiger partial charge in [-0.1, -0.05) is 12.1 Å². The van der Waals surface area contributed by atoms with E-state index in [0.29, 0.717) is 18.1 Å². The molecule has 0 spiro atoms. The lowest BCUT2D eigenvalue weighted by molar-refractivity contribution is 0.294. The molecule has 2 N–H and O–H groups in total. The first-order valence-electron chi connectivity index (χ1n) is 5.11. The maximum absolute atomic E-state index is 8.62. The number of nitrogens with zero attached hydrogens (tertiary/aromatic N) is 2. The second-order valence-electron chi connectivity index (χ2n) is 3.53. The molecule has 0 aliphatic carbocycles. The first kappa shape index (κ1) is 11.0. The number of aromatic nitrogens is 1. The van der Waals surface area contributed by atoms with Crippen LogP contribution in [0.1, 0.15) is 11.1 Å². The Kier molecular flexibility index (Phi) is 3.22. The Morgan fingerprint density at radius 2 is 1.94 bits per heavy atom. The van der Waals surface area contributed by atoms with E-state index < -0.39 is 0 Å². The molecular formula is C13H11N3O. The molecule has 0 atom stereocenters. The minimum Gasteiger partial charge on any atom is -0.473 e. The molecule has 17 heavy (non-hydrogen) atoms. The molecule has 4 heteroatoms. The summed E-state index contributed by atoms with van der Waals surface area (Å²) in [7, 11) is 0. The van der Waals surface area contributed by atoms with Gasteiger partial charge < -0.3 is 10.5 Å². The zero-order chi connectivity index (χ0) is 12.1. The van der Waals surface area contributed by atoms with Crippen molar-refractivity contribution in [3.63, 3.8) is 0 Å².